The molecule has 0 spiro atoms. The molecule has 1 heterocycles. The Balaban J connectivity index is 2.30. The van der Waals surface area contributed by atoms with Gasteiger partial charge in [0.1, 0.15) is 0 Å². The molecular weight excluding hydrogens is 294 g/mol. The van der Waals surface area contributed by atoms with Crippen molar-refractivity contribution in [1.29, 1.82) is 0 Å². The first-order valence-corrected chi connectivity index (χ1v) is 7.26. The van der Waals surface area contributed by atoms with E-state index in [-0.39, 0.29) is 28.2 Å². The van der Waals surface area contributed by atoms with Crippen LogP contribution in [-0.2, 0) is 0 Å². The fourth-order valence-corrected chi connectivity index (χ4v) is 2.89. The number of nitrogens with zero attached hydrogens (tertiary/aromatic N) is 2. The average Bonchev–Trinajstić information content (AvgIpc) is 2.46. The van der Waals surface area contributed by atoms with Gasteiger partial charge in [-0.15, -0.1) is 0 Å². The number of nitro groups is 1. The van der Waals surface area contributed by atoms with E-state index < -0.39 is 4.92 Å². The molecule has 0 bridgehead atoms. The molecule has 2 rings (SSSR count). The Labute approximate surface area is 128 Å². The van der Waals surface area contributed by atoms with Gasteiger partial charge in [-0.3, -0.25) is 14.9 Å². The second-order valence-electron chi connectivity index (χ2n) is 5.44. The Kier molecular flexibility index (Phi) is 4.80. The molecule has 114 valence electrons. The zero-order valence-corrected chi connectivity index (χ0v) is 12.5. The normalized spacial score (nSPS) is 22.1. The first-order valence-electron chi connectivity index (χ1n) is 6.89. The van der Waals surface area contributed by atoms with Gasteiger partial charge in [-0.1, -0.05) is 18.5 Å². The van der Waals surface area contributed by atoms with Crippen molar-refractivity contribution in [3.05, 3.63) is 38.9 Å². The van der Waals surface area contributed by atoms with E-state index in [9.17, 15) is 14.9 Å². The summed E-state index contributed by atoms with van der Waals surface area (Å²) in [4.78, 5) is 24.6. The number of rotatable bonds is 3. The van der Waals surface area contributed by atoms with E-state index in [0.29, 0.717) is 19.0 Å². The molecule has 2 unspecified atom stereocenters. The first kappa shape index (κ1) is 15.7. The SMILES string of the molecule is CC1CCN(C(=O)c2cc([N+](=O)[O-])ccc2Cl)C(CN)C1. The summed E-state index contributed by atoms with van der Waals surface area (Å²) in [6.45, 7) is 3.11. The number of nitro benzene ring substituents is 1. The molecule has 0 saturated carbocycles. The minimum atomic E-state index is -0.536. The van der Waals surface area contributed by atoms with Gasteiger partial charge in [-0.25, -0.2) is 0 Å². The number of amides is 1. The van der Waals surface area contributed by atoms with Crippen molar-refractivity contribution in [3.8, 4) is 0 Å². The van der Waals surface area contributed by atoms with Crippen molar-refractivity contribution in [1.82, 2.24) is 4.90 Å². The number of likely N-dealkylation sites (tertiary alicyclic amines) is 1. The smallest absolute Gasteiger partial charge is 0.270 e. The molecule has 2 atom stereocenters. The molecule has 7 heteroatoms. The number of halogens is 1. The van der Waals surface area contributed by atoms with Crippen molar-refractivity contribution in [2.24, 2.45) is 11.7 Å². The van der Waals surface area contributed by atoms with Crippen molar-refractivity contribution < 1.29 is 9.72 Å². The maximum Gasteiger partial charge on any atom is 0.270 e. The largest absolute Gasteiger partial charge is 0.334 e. The van der Waals surface area contributed by atoms with Crippen LogP contribution in [-0.4, -0.2) is 34.9 Å². The second kappa shape index (κ2) is 6.41. The monoisotopic (exact) mass is 311 g/mol. The molecule has 1 aromatic rings. The van der Waals surface area contributed by atoms with Crippen LogP contribution in [0.4, 0.5) is 5.69 Å². The molecular formula is C14H18ClN3O3. The van der Waals surface area contributed by atoms with Gasteiger partial charge in [-0.2, -0.15) is 0 Å². The minimum Gasteiger partial charge on any atom is -0.334 e. The summed E-state index contributed by atoms with van der Waals surface area (Å²) in [6, 6.07) is 3.86. The van der Waals surface area contributed by atoms with Crippen LogP contribution in [0, 0.1) is 16.0 Å². The molecule has 2 N–H and O–H groups in total. The predicted octanol–water partition coefficient (Wildman–Crippen LogP) is 2.45. The number of carbonyl (C=O) groups is 1. The van der Waals surface area contributed by atoms with Gasteiger partial charge >= 0.3 is 0 Å². The van der Waals surface area contributed by atoms with E-state index in [1.165, 1.54) is 18.2 Å². The number of carbonyl (C=O) groups excluding carboxylic acids is 1. The van der Waals surface area contributed by atoms with Crippen LogP contribution < -0.4 is 5.73 Å². The van der Waals surface area contributed by atoms with Gasteiger partial charge in [0.05, 0.1) is 15.5 Å². The third-order valence-corrected chi connectivity index (χ3v) is 4.23. The standard InChI is InChI=1S/C14H18ClN3O3/c1-9-4-5-17(11(6-9)8-16)14(19)12-7-10(18(20)21)2-3-13(12)15/h2-3,7,9,11H,4-6,8,16H2,1H3. The Morgan fingerprint density at radius 3 is 2.90 bits per heavy atom. The molecule has 1 saturated heterocycles. The quantitative estimate of drug-likeness (QED) is 0.686. The lowest BCUT2D eigenvalue weighted by Crippen LogP contribution is -2.49. The van der Waals surface area contributed by atoms with Gasteiger partial charge in [0.2, 0.25) is 0 Å². The summed E-state index contributed by atoms with van der Waals surface area (Å²) >= 11 is 6.03. The van der Waals surface area contributed by atoms with Gasteiger partial charge in [0, 0.05) is 31.3 Å². The summed E-state index contributed by atoms with van der Waals surface area (Å²) < 4.78 is 0. The van der Waals surface area contributed by atoms with Crippen molar-refractivity contribution >= 4 is 23.2 Å². The minimum absolute atomic E-state index is 0.0448. The third kappa shape index (κ3) is 3.33. The van der Waals surface area contributed by atoms with E-state index in [1.807, 2.05) is 0 Å². The van der Waals surface area contributed by atoms with Crippen LogP contribution >= 0.6 is 11.6 Å². The fourth-order valence-electron chi connectivity index (χ4n) is 2.69. The molecule has 21 heavy (non-hydrogen) atoms. The van der Waals surface area contributed by atoms with Gasteiger partial charge in [0.15, 0.2) is 0 Å². The van der Waals surface area contributed by atoms with E-state index in [4.69, 9.17) is 17.3 Å². The molecule has 0 aliphatic carbocycles. The van der Waals surface area contributed by atoms with E-state index >= 15 is 0 Å². The highest BCUT2D eigenvalue weighted by Crippen LogP contribution is 2.28. The van der Waals surface area contributed by atoms with E-state index in [1.54, 1.807) is 4.90 Å². The summed E-state index contributed by atoms with van der Waals surface area (Å²) in [5, 5.41) is 11.1. The van der Waals surface area contributed by atoms with Crippen LogP contribution in [0.25, 0.3) is 0 Å². The van der Waals surface area contributed by atoms with Crippen molar-refractivity contribution in [3.63, 3.8) is 0 Å². The molecule has 0 aromatic heterocycles. The lowest BCUT2D eigenvalue weighted by Gasteiger charge is -2.38. The van der Waals surface area contributed by atoms with Crippen LogP contribution in [0.1, 0.15) is 30.1 Å². The van der Waals surface area contributed by atoms with Crippen molar-refractivity contribution in [2.75, 3.05) is 13.1 Å². The maximum atomic E-state index is 12.6. The van der Waals surface area contributed by atoms with Crippen LogP contribution in [0.15, 0.2) is 18.2 Å². The molecule has 1 aliphatic rings. The molecule has 1 aromatic carbocycles. The summed E-state index contributed by atoms with van der Waals surface area (Å²) in [5.41, 5.74) is 5.78. The Morgan fingerprint density at radius 2 is 2.29 bits per heavy atom. The molecule has 6 nitrogen and oxygen atoms in total. The van der Waals surface area contributed by atoms with Gasteiger partial charge in [0.25, 0.3) is 11.6 Å². The molecule has 1 amide bonds. The maximum absolute atomic E-state index is 12.6. The molecule has 1 fully saturated rings. The van der Waals surface area contributed by atoms with Crippen LogP contribution in [0.5, 0.6) is 0 Å². The Hall–Kier alpha value is -1.66. The van der Waals surface area contributed by atoms with E-state index in [2.05, 4.69) is 6.92 Å². The summed E-state index contributed by atoms with van der Waals surface area (Å²) in [7, 11) is 0. The van der Waals surface area contributed by atoms with Crippen LogP contribution in [0.3, 0.4) is 0 Å². The third-order valence-electron chi connectivity index (χ3n) is 3.90. The van der Waals surface area contributed by atoms with Gasteiger partial charge in [-0.05, 0) is 24.8 Å². The summed E-state index contributed by atoms with van der Waals surface area (Å²) in [5.74, 6) is 0.231. The van der Waals surface area contributed by atoms with Crippen molar-refractivity contribution in [2.45, 2.75) is 25.8 Å². The number of hydrogen-bond acceptors (Lipinski definition) is 4. The summed E-state index contributed by atoms with van der Waals surface area (Å²) in [6.07, 6.45) is 1.74. The lowest BCUT2D eigenvalue weighted by molar-refractivity contribution is -0.384. The second-order valence-corrected chi connectivity index (χ2v) is 5.85. The van der Waals surface area contributed by atoms with Crippen LogP contribution in [0.2, 0.25) is 5.02 Å². The van der Waals surface area contributed by atoms with E-state index in [0.717, 1.165) is 12.8 Å². The number of hydrogen-bond donors (Lipinski definition) is 1. The van der Waals surface area contributed by atoms with Gasteiger partial charge < -0.3 is 10.6 Å². The number of benzene rings is 1. The number of nitrogens with two attached hydrogens (primary N) is 1. The lowest BCUT2D eigenvalue weighted by atomic mass is 9.92. The zero-order valence-electron chi connectivity index (χ0n) is 11.8. The molecule has 0 radical (unpaired) electrons. The number of non-ortho nitro benzene ring substituents is 1. The highest BCUT2D eigenvalue weighted by molar-refractivity contribution is 6.33. The Bertz CT molecular complexity index is 564. The first-order chi connectivity index (χ1) is 9.93. The fraction of sp³-hybridized carbons (Fsp3) is 0.500. The molecule has 1 aliphatic heterocycles. The number of piperidine rings is 1. The predicted molar refractivity (Wildman–Crippen MR) is 80.4 cm³/mol. The Morgan fingerprint density at radius 1 is 1.57 bits per heavy atom. The topological polar surface area (TPSA) is 89.5 Å². The average molecular weight is 312 g/mol. The highest BCUT2D eigenvalue weighted by atomic mass is 35.5. The highest BCUT2D eigenvalue weighted by Gasteiger charge is 2.31. The zero-order chi connectivity index (χ0) is 15.6.